The fraction of sp³-hybridized carbons (Fsp3) is 0.857. The summed E-state index contributed by atoms with van der Waals surface area (Å²) in [7, 11) is 1.82. The first-order chi connectivity index (χ1) is 7.79. The topological polar surface area (TPSA) is 12.5 Å². The summed E-state index contributed by atoms with van der Waals surface area (Å²) in [6, 6.07) is 0.692. The SMILES string of the molecule is COC[C@@H]1CCCN1CC1CC=C(C)CC1. The minimum Gasteiger partial charge on any atom is -0.383 e. The summed E-state index contributed by atoms with van der Waals surface area (Å²) in [5, 5.41) is 0. The number of ether oxygens (including phenoxy) is 1. The maximum Gasteiger partial charge on any atom is 0.0618 e. The van der Waals surface area contributed by atoms with Gasteiger partial charge >= 0.3 is 0 Å². The Hall–Kier alpha value is -0.340. The Morgan fingerprint density at radius 1 is 1.44 bits per heavy atom. The first-order valence-corrected chi connectivity index (χ1v) is 6.68. The summed E-state index contributed by atoms with van der Waals surface area (Å²) in [6.45, 7) is 5.76. The van der Waals surface area contributed by atoms with Gasteiger partial charge in [-0.25, -0.2) is 0 Å². The Morgan fingerprint density at radius 3 is 3.00 bits per heavy atom. The van der Waals surface area contributed by atoms with Gasteiger partial charge in [0, 0.05) is 19.7 Å². The third kappa shape index (κ3) is 3.08. The molecule has 1 aliphatic heterocycles. The van der Waals surface area contributed by atoms with Crippen molar-refractivity contribution in [1.29, 1.82) is 0 Å². The van der Waals surface area contributed by atoms with Gasteiger partial charge in [0.2, 0.25) is 0 Å². The van der Waals surface area contributed by atoms with Crippen LogP contribution in [0.25, 0.3) is 0 Å². The highest BCUT2D eigenvalue weighted by Crippen LogP contribution is 2.27. The normalized spacial score (nSPS) is 31.8. The van der Waals surface area contributed by atoms with E-state index in [9.17, 15) is 0 Å². The molecule has 0 aromatic rings. The minimum atomic E-state index is 0.692. The molecule has 1 aliphatic carbocycles. The summed E-state index contributed by atoms with van der Waals surface area (Å²) in [5.41, 5.74) is 1.59. The Morgan fingerprint density at radius 2 is 2.31 bits per heavy atom. The van der Waals surface area contributed by atoms with E-state index in [-0.39, 0.29) is 0 Å². The highest BCUT2D eigenvalue weighted by molar-refractivity contribution is 5.03. The molecule has 0 amide bonds. The molecule has 16 heavy (non-hydrogen) atoms. The van der Waals surface area contributed by atoms with Crippen LogP contribution in [0.2, 0.25) is 0 Å². The van der Waals surface area contributed by atoms with Crippen LogP contribution in [-0.4, -0.2) is 37.7 Å². The molecule has 1 saturated heterocycles. The third-order valence-electron chi connectivity index (χ3n) is 4.10. The quantitative estimate of drug-likeness (QED) is 0.680. The lowest BCUT2D eigenvalue weighted by Crippen LogP contribution is -2.37. The maximum absolute atomic E-state index is 5.31. The molecule has 2 atom stereocenters. The van der Waals surface area contributed by atoms with Crippen molar-refractivity contribution >= 4 is 0 Å². The van der Waals surface area contributed by atoms with Gasteiger partial charge in [0.25, 0.3) is 0 Å². The molecule has 0 bridgehead atoms. The molecule has 1 fully saturated rings. The zero-order chi connectivity index (χ0) is 11.4. The molecule has 92 valence electrons. The second-order valence-corrected chi connectivity index (χ2v) is 5.44. The van der Waals surface area contributed by atoms with E-state index in [0.717, 1.165) is 12.5 Å². The van der Waals surface area contributed by atoms with E-state index in [2.05, 4.69) is 17.9 Å². The number of likely N-dealkylation sites (tertiary alicyclic amines) is 1. The number of methoxy groups -OCH3 is 1. The van der Waals surface area contributed by atoms with Crippen molar-refractivity contribution in [2.75, 3.05) is 26.8 Å². The first kappa shape index (κ1) is 12.1. The lowest BCUT2D eigenvalue weighted by Gasteiger charge is -2.30. The van der Waals surface area contributed by atoms with E-state index in [4.69, 9.17) is 4.74 Å². The molecular weight excluding hydrogens is 198 g/mol. The van der Waals surface area contributed by atoms with Gasteiger partial charge in [-0.3, -0.25) is 4.90 Å². The van der Waals surface area contributed by atoms with Crippen molar-refractivity contribution < 1.29 is 4.74 Å². The lowest BCUT2D eigenvalue weighted by atomic mass is 9.90. The number of allylic oxidation sites excluding steroid dienone is 2. The van der Waals surface area contributed by atoms with Gasteiger partial charge in [-0.1, -0.05) is 11.6 Å². The second kappa shape index (κ2) is 5.83. The number of nitrogens with zero attached hydrogens (tertiary/aromatic N) is 1. The summed E-state index contributed by atoms with van der Waals surface area (Å²) >= 11 is 0. The van der Waals surface area contributed by atoms with E-state index in [0.29, 0.717) is 6.04 Å². The number of hydrogen-bond donors (Lipinski definition) is 0. The van der Waals surface area contributed by atoms with E-state index < -0.39 is 0 Å². The van der Waals surface area contributed by atoms with Crippen molar-refractivity contribution in [1.82, 2.24) is 4.90 Å². The van der Waals surface area contributed by atoms with E-state index >= 15 is 0 Å². The average Bonchev–Trinajstić information content (AvgIpc) is 2.70. The van der Waals surface area contributed by atoms with Gasteiger partial charge in [0.05, 0.1) is 6.61 Å². The summed E-state index contributed by atoms with van der Waals surface area (Å²) in [6.07, 6.45) is 9.12. The fourth-order valence-corrected chi connectivity index (χ4v) is 3.03. The van der Waals surface area contributed by atoms with Crippen molar-refractivity contribution in [2.45, 2.75) is 45.1 Å². The Balaban J connectivity index is 1.80. The molecular formula is C14H25NO. The van der Waals surface area contributed by atoms with E-state index in [1.807, 2.05) is 7.11 Å². The van der Waals surface area contributed by atoms with Crippen molar-refractivity contribution in [3.63, 3.8) is 0 Å². The van der Waals surface area contributed by atoms with Crippen molar-refractivity contribution in [3.8, 4) is 0 Å². The van der Waals surface area contributed by atoms with Crippen LogP contribution in [0.5, 0.6) is 0 Å². The molecule has 2 nitrogen and oxygen atoms in total. The standard InChI is InChI=1S/C14H25NO/c1-12-5-7-13(8-6-12)10-15-9-3-4-14(15)11-16-2/h5,13-14H,3-4,6-11H2,1-2H3/t13?,14-/m0/s1. The fourth-order valence-electron chi connectivity index (χ4n) is 3.03. The maximum atomic E-state index is 5.31. The summed E-state index contributed by atoms with van der Waals surface area (Å²) in [5.74, 6) is 0.890. The van der Waals surface area contributed by atoms with Crippen molar-refractivity contribution in [2.24, 2.45) is 5.92 Å². The van der Waals surface area contributed by atoms with Gasteiger partial charge in [-0.15, -0.1) is 0 Å². The lowest BCUT2D eigenvalue weighted by molar-refractivity contribution is 0.104. The smallest absolute Gasteiger partial charge is 0.0618 e. The van der Waals surface area contributed by atoms with Gasteiger partial charge in [-0.05, 0) is 51.5 Å². The summed E-state index contributed by atoms with van der Waals surface area (Å²) in [4.78, 5) is 2.66. The molecule has 1 heterocycles. The average molecular weight is 223 g/mol. The molecule has 0 spiro atoms. The van der Waals surface area contributed by atoms with E-state index in [1.165, 1.54) is 45.2 Å². The third-order valence-corrected chi connectivity index (χ3v) is 4.10. The van der Waals surface area contributed by atoms with Gasteiger partial charge in [0.1, 0.15) is 0 Å². The highest BCUT2D eigenvalue weighted by atomic mass is 16.5. The second-order valence-electron chi connectivity index (χ2n) is 5.44. The molecule has 2 aliphatic rings. The zero-order valence-corrected chi connectivity index (χ0v) is 10.7. The first-order valence-electron chi connectivity index (χ1n) is 6.68. The molecule has 0 radical (unpaired) electrons. The van der Waals surface area contributed by atoms with Crippen LogP contribution in [0, 0.1) is 5.92 Å². The Kier molecular flexibility index (Phi) is 4.42. The van der Waals surface area contributed by atoms with Crippen LogP contribution < -0.4 is 0 Å². The predicted octanol–water partition coefficient (Wildman–Crippen LogP) is 2.84. The molecule has 0 N–H and O–H groups in total. The summed E-state index contributed by atoms with van der Waals surface area (Å²) < 4.78 is 5.31. The largest absolute Gasteiger partial charge is 0.383 e. The van der Waals surface area contributed by atoms with Crippen LogP contribution in [0.1, 0.15) is 39.0 Å². The van der Waals surface area contributed by atoms with E-state index in [1.54, 1.807) is 5.57 Å². The Bertz CT molecular complexity index is 249. The number of hydrogen-bond acceptors (Lipinski definition) is 2. The molecule has 0 aromatic heterocycles. The number of rotatable bonds is 4. The van der Waals surface area contributed by atoms with Crippen LogP contribution in [0.3, 0.4) is 0 Å². The minimum absolute atomic E-state index is 0.692. The van der Waals surface area contributed by atoms with Gasteiger partial charge < -0.3 is 4.74 Å². The van der Waals surface area contributed by atoms with Crippen LogP contribution >= 0.6 is 0 Å². The molecule has 2 heteroatoms. The predicted molar refractivity (Wildman–Crippen MR) is 67.6 cm³/mol. The molecule has 0 aromatic carbocycles. The van der Waals surface area contributed by atoms with Crippen LogP contribution in [0.15, 0.2) is 11.6 Å². The Labute approximate surface area is 99.7 Å². The molecule has 1 unspecified atom stereocenters. The monoisotopic (exact) mass is 223 g/mol. The van der Waals surface area contributed by atoms with Crippen LogP contribution in [0.4, 0.5) is 0 Å². The van der Waals surface area contributed by atoms with Crippen molar-refractivity contribution in [3.05, 3.63) is 11.6 Å². The van der Waals surface area contributed by atoms with Gasteiger partial charge in [0.15, 0.2) is 0 Å². The molecule has 0 saturated carbocycles. The highest BCUT2D eigenvalue weighted by Gasteiger charge is 2.26. The zero-order valence-electron chi connectivity index (χ0n) is 10.7. The molecule has 2 rings (SSSR count). The van der Waals surface area contributed by atoms with Gasteiger partial charge in [-0.2, -0.15) is 0 Å². The van der Waals surface area contributed by atoms with Crippen LogP contribution in [-0.2, 0) is 4.74 Å².